The molecule has 1 heterocycles. The molecule has 16 heavy (non-hydrogen) atoms. The van der Waals surface area contributed by atoms with Crippen LogP contribution in [0.5, 0.6) is 0 Å². The topological polar surface area (TPSA) is 33.1 Å². The highest BCUT2D eigenvalue weighted by Crippen LogP contribution is 2.37. The lowest BCUT2D eigenvalue weighted by Gasteiger charge is -2.27. The molecule has 1 N–H and O–H groups in total. The van der Waals surface area contributed by atoms with Crippen molar-refractivity contribution in [3.8, 4) is 0 Å². The third-order valence-electron chi connectivity index (χ3n) is 3.79. The van der Waals surface area contributed by atoms with E-state index in [1.165, 1.54) is 6.42 Å². The van der Waals surface area contributed by atoms with E-state index in [1.54, 1.807) is 0 Å². The summed E-state index contributed by atoms with van der Waals surface area (Å²) in [5.41, 5.74) is 1.37. The van der Waals surface area contributed by atoms with Gasteiger partial charge in [-0.25, -0.2) is 0 Å². The number of rotatable bonds is 1. The molecule has 0 spiro atoms. The summed E-state index contributed by atoms with van der Waals surface area (Å²) in [5, 5.41) is 10.7. The molecule has 88 valence electrons. The molecule has 1 aliphatic rings. The van der Waals surface area contributed by atoms with Crippen molar-refractivity contribution in [2.75, 3.05) is 0 Å². The second-order valence-corrected chi connectivity index (χ2v) is 5.26. The fourth-order valence-corrected chi connectivity index (χ4v) is 2.53. The van der Waals surface area contributed by atoms with Crippen LogP contribution in [0.4, 0.5) is 0 Å². The van der Waals surface area contributed by atoms with Crippen molar-refractivity contribution in [3.63, 3.8) is 0 Å². The van der Waals surface area contributed by atoms with E-state index in [4.69, 9.17) is 0 Å². The van der Waals surface area contributed by atoms with E-state index in [0.29, 0.717) is 0 Å². The lowest BCUT2D eigenvalue weighted by Crippen LogP contribution is -2.25. The summed E-state index contributed by atoms with van der Waals surface area (Å²) in [6, 6.07) is 4.01. The van der Waals surface area contributed by atoms with Crippen LogP contribution in [0.1, 0.15) is 50.3 Å². The zero-order valence-corrected chi connectivity index (χ0v) is 10.2. The second-order valence-electron chi connectivity index (χ2n) is 5.26. The van der Waals surface area contributed by atoms with Gasteiger partial charge >= 0.3 is 0 Å². The molecule has 0 bridgehead atoms. The SMILES string of the molecule is Cc1ccc(C2(O)CCCC(C)CC2)cn1. The number of nitrogens with zero attached hydrogens (tertiary/aromatic N) is 1. The van der Waals surface area contributed by atoms with Crippen molar-refractivity contribution in [1.29, 1.82) is 0 Å². The summed E-state index contributed by atoms with van der Waals surface area (Å²) in [6.07, 6.45) is 7.06. The molecule has 1 aromatic heterocycles. The van der Waals surface area contributed by atoms with E-state index >= 15 is 0 Å². The van der Waals surface area contributed by atoms with Crippen LogP contribution in [-0.2, 0) is 5.60 Å². The highest BCUT2D eigenvalue weighted by molar-refractivity contribution is 5.20. The van der Waals surface area contributed by atoms with Gasteiger partial charge < -0.3 is 5.11 Å². The molecular weight excluding hydrogens is 198 g/mol. The molecule has 1 aliphatic carbocycles. The zero-order chi connectivity index (χ0) is 11.6. The monoisotopic (exact) mass is 219 g/mol. The molecule has 0 radical (unpaired) electrons. The summed E-state index contributed by atoms with van der Waals surface area (Å²) in [7, 11) is 0. The lowest BCUT2D eigenvalue weighted by molar-refractivity contribution is 0.0195. The Kier molecular flexibility index (Phi) is 3.29. The van der Waals surface area contributed by atoms with Crippen molar-refractivity contribution < 1.29 is 5.11 Å². The minimum atomic E-state index is -0.633. The molecular formula is C14H21NO. The van der Waals surface area contributed by atoms with Gasteiger partial charge in [0.05, 0.1) is 5.60 Å². The Morgan fingerprint density at radius 1 is 1.31 bits per heavy atom. The van der Waals surface area contributed by atoms with E-state index in [0.717, 1.165) is 42.9 Å². The Hall–Kier alpha value is -0.890. The van der Waals surface area contributed by atoms with Gasteiger partial charge in [0.15, 0.2) is 0 Å². The van der Waals surface area contributed by atoms with Crippen molar-refractivity contribution in [3.05, 3.63) is 29.6 Å². The Labute approximate surface area is 97.7 Å². The lowest BCUT2D eigenvalue weighted by atomic mass is 9.87. The van der Waals surface area contributed by atoms with Gasteiger partial charge in [-0.3, -0.25) is 4.98 Å². The van der Waals surface area contributed by atoms with Crippen LogP contribution in [0.15, 0.2) is 18.3 Å². The van der Waals surface area contributed by atoms with Gasteiger partial charge in [-0.15, -0.1) is 0 Å². The van der Waals surface area contributed by atoms with E-state index in [1.807, 2.05) is 25.3 Å². The number of aryl methyl sites for hydroxylation is 1. The summed E-state index contributed by atoms with van der Waals surface area (Å²) in [6.45, 7) is 4.25. The number of pyridine rings is 1. The number of hydrogen-bond acceptors (Lipinski definition) is 2. The Bertz CT molecular complexity index is 346. The van der Waals surface area contributed by atoms with Crippen LogP contribution in [0.2, 0.25) is 0 Å². The molecule has 2 heteroatoms. The normalized spacial score (nSPS) is 31.1. The molecule has 2 unspecified atom stereocenters. The van der Waals surface area contributed by atoms with Gasteiger partial charge in [-0.05, 0) is 44.6 Å². The summed E-state index contributed by atoms with van der Waals surface area (Å²) < 4.78 is 0. The predicted molar refractivity (Wildman–Crippen MR) is 65.1 cm³/mol. The predicted octanol–water partition coefficient (Wildman–Crippen LogP) is 3.18. The maximum absolute atomic E-state index is 10.7. The van der Waals surface area contributed by atoms with Gasteiger partial charge in [0.1, 0.15) is 0 Å². The first-order chi connectivity index (χ1) is 7.60. The maximum Gasteiger partial charge on any atom is 0.0911 e. The Morgan fingerprint density at radius 2 is 2.12 bits per heavy atom. The van der Waals surface area contributed by atoms with Crippen LogP contribution in [0.25, 0.3) is 0 Å². The molecule has 0 aromatic carbocycles. The third-order valence-corrected chi connectivity index (χ3v) is 3.79. The third kappa shape index (κ3) is 2.43. The van der Waals surface area contributed by atoms with E-state index in [9.17, 15) is 5.11 Å². The van der Waals surface area contributed by atoms with Crippen LogP contribution < -0.4 is 0 Å². The number of aromatic nitrogens is 1. The van der Waals surface area contributed by atoms with E-state index in [2.05, 4.69) is 11.9 Å². The van der Waals surface area contributed by atoms with Crippen LogP contribution in [0, 0.1) is 12.8 Å². The van der Waals surface area contributed by atoms with Crippen LogP contribution >= 0.6 is 0 Å². The van der Waals surface area contributed by atoms with Gasteiger partial charge in [0, 0.05) is 17.5 Å². The van der Waals surface area contributed by atoms with Crippen molar-refractivity contribution >= 4 is 0 Å². The first-order valence-corrected chi connectivity index (χ1v) is 6.26. The van der Waals surface area contributed by atoms with E-state index < -0.39 is 5.60 Å². The standard InChI is InChI=1S/C14H21NO/c1-11-4-3-8-14(16,9-7-11)13-6-5-12(2)15-10-13/h5-6,10-11,16H,3-4,7-9H2,1-2H3. The van der Waals surface area contributed by atoms with Crippen LogP contribution in [-0.4, -0.2) is 10.1 Å². The molecule has 0 aliphatic heterocycles. The van der Waals surface area contributed by atoms with Gasteiger partial charge in [0.2, 0.25) is 0 Å². The van der Waals surface area contributed by atoms with E-state index in [-0.39, 0.29) is 0 Å². The quantitative estimate of drug-likeness (QED) is 0.736. The average molecular weight is 219 g/mol. The van der Waals surface area contributed by atoms with Crippen molar-refractivity contribution in [2.45, 2.75) is 51.6 Å². The molecule has 1 aromatic rings. The highest BCUT2D eigenvalue weighted by Gasteiger charge is 2.31. The number of hydrogen-bond donors (Lipinski definition) is 1. The van der Waals surface area contributed by atoms with Gasteiger partial charge in [-0.2, -0.15) is 0 Å². The molecule has 1 fully saturated rings. The first kappa shape index (κ1) is 11.6. The fraction of sp³-hybridized carbons (Fsp3) is 0.643. The summed E-state index contributed by atoms with van der Waals surface area (Å²) in [4.78, 5) is 4.29. The van der Waals surface area contributed by atoms with Crippen molar-refractivity contribution in [2.24, 2.45) is 5.92 Å². The summed E-state index contributed by atoms with van der Waals surface area (Å²) >= 11 is 0. The molecule has 0 saturated heterocycles. The molecule has 2 atom stereocenters. The second kappa shape index (κ2) is 4.54. The Morgan fingerprint density at radius 3 is 2.81 bits per heavy atom. The largest absolute Gasteiger partial charge is 0.385 e. The minimum Gasteiger partial charge on any atom is -0.385 e. The highest BCUT2D eigenvalue weighted by atomic mass is 16.3. The summed E-state index contributed by atoms with van der Waals surface area (Å²) in [5.74, 6) is 0.743. The van der Waals surface area contributed by atoms with Gasteiger partial charge in [0.25, 0.3) is 0 Å². The van der Waals surface area contributed by atoms with Crippen molar-refractivity contribution in [1.82, 2.24) is 4.98 Å². The smallest absolute Gasteiger partial charge is 0.0911 e. The number of aliphatic hydroxyl groups is 1. The molecule has 1 saturated carbocycles. The zero-order valence-electron chi connectivity index (χ0n) is 10.2. The molecule has 2 rings (SSSR count). The molecule has 2 nitrogen and oxygen atoms in total. The minimum absolute atomic E-state index is 0.633. The fourth-order valence-electron chi connectivity index (χ4n) is 2.53. The van der Waals surface area contributed by atoms with Crippen LogP contribution in [0.3, 0.4) is 0 Å². The maximum atomic E-state index is 10.7. The molecule has 0 amide bonds. The van der Waals surface area contributed by atoms with Gasteiger partial charge in [-0.1, -0.05) is 19.4 Å². The Balaban J connectivity index is 2.20. The first-order valence-electron chi connectivity index (χ1n) is 6.26. The average Bonchev–Trinajstić information content (AvgIpc) is 2.43.